The van der Waals surface area contributed by atoms with Crippen LogP contribution in [0.3, 0.4) is 0 Å². The quantitative estimate of drug-likeness (QED) is 0.141. The first-order valence-corrected chi connectivity index (χ1v) is 14.6. The summed E-state index contributed by atoms with van der Waals surface area (Å²) in [4.78, 5) is 26.4. The minimum Gasteiger partial charge on any atom is -0.367 e. The van der Waals surface area contributed by atoms with Crippen molar-refractivity contribution in [3.8, 4) is 0 Å². The number of nitrogens with one attached hydrogen (secondary N) is 1. The highest BCUT2D eigenvalue weighted by Crippen LogP contribution is 2.29. The van der Waals surface area contributed by atoms with Gasteiger partial charge in [0, 0.05) is 50.1 Å². The maximum absolute atomic E-state index is 12.7. The molecule has 6 nitrogen and oxygen atoms in total. The van der Waals surface area contributed by atoms with E-state index in [0.29, 0.717) is 28.2 Å². The van der Waals surface area contributed by atoms with E-state index in [1.165, 1.54) is 17.3 Å². The number of para-hydroxylation sites is 1. The highest BCUT2D eigenvalue weighted by atomic mass is 35.5. The van der Waals surface area contributed by atoms with E-state index in [0.717, 1.165) is 54.7 Å². The van der Waals surface area contributed by atoms with Gasteiger partial charge in [0.15, 0.2) is 5.16 Å². The van der Waals surface area contributed by atoms with E-state index in [1.807, 2.05) is 66.7 Å². The normalized spacial score (nSPS) is 13.4. The molecule has 0 atom stereocenters. The lowest BCUT2D eigenvalue weighted by molar-refractivity contribution is 0.0954. The Balaban J connectivity index is 1.16. The van der Waals surface area contributed by atoms with Crippen molar-refractivity contribution in [3.63, 3.8) is 0 Å². The smallest absolute Gasteiger partial charge is 0.251 e. The molecule has 9 heteroatoms. The summed E-state index contributed by atoms with van der Waals surface area (Å²) in [5, 5.41) is 4.81. The van der Waals surface area contributed by atoms with E-state index in [-0.39, 0.29) is 5.91 Å². The molecule has 1 saturated heterocycles. The second-order valence-corrected chi connectivity index (χ2v) is 11.0. The zero-order valence-corrected chi connectivity index (χ0v) is 23.7. The van der Waals surface area contributed by atoms with E-state index < -0.39 is 0 Å². The number of nitrogens with zero attached hydrogens (tertiary/aromatic N) is 4. The van der Waals surface area contributed by atoms with Gasteiger partial charge < -0.3 is 15.1 Å². The number of carbonyl (C=O) groups excluding carboxylic acids is 1. The van der Waals surface area contributed by atoms with Crippen molar-refractivity contribution in [3.05, 3.63) is 112 Å². The summed E-state index contributed by atoms with van der Waals surface area (Å²) < 4.78 is 0. The van der Waals surface area contributed by atoms with Crippen molar-refractivity contribution in [1.29, 1.82) is 0 Å². The Morgan fingerprint density at radius 2 is 1.54 bits per heavy atom. The van der Waals surface area contributed by atoms with Crippen LogP contribution in [0.15, 0.2) is 90.1 Å². The third kappa shape index (κ3) is 7.44. The van der Waals surface area contributed by atoms with Crippen LogP contribution in [-0.2, 0) is 12.2 Å². The fourth-order valence-corrected chi connectivity index (χ4v) is 5.79. The summed E-state index contributed by atoms with van der Waals surface area (Å²) in [6.45, 7) is 3.89. The van der Waals surface area contributed by atoms with Crippen LogP contribution in [0.1, 0.15) is 21.5 Å². The number of hydrogen-bond donors (Lipinski definition) is 1. The second kappa shape index (κ2) is 13.2. The summed E-state index contributed by atoms with van der Waals surface area (Å²) in [5.41, 5.74) is 3.92. The molecular formula is C30H29Cl2N5OS. The molecule has 1 aromatic heterocycles. The van der Waals surface area contributed by atoms with Gasteiger partial charge in [-0.1, -0.05) is 89.6 Å². The molecule has 3 aromatic carbocycles. The van der Waals surface area contributed by atoms with Gasteiger partial charge in [0.25, 0.3) is 5.91 Å². The number of carbonyl (C=O) groups is 1. The maximum atomic E-state index is 12.7. The number of piperazine rings is 1. The summed E-state index contributed by atoms with van der Waals surface area (Å²) in [6, 6.07) is 27.6. The Bertz CT molecular complexity index is 1410. The largest absolute Gasteiger partial charge is 0.367 e. The average Bonchev–Trinajstić information content (AvgIpc) is 2.97. The van der Waals surface area contributed by atoms with E-state index in [9.17, 15) is 4.79 Å². The number of anilines is 2. The van der Waals surface area contributed by atoms with Gasteiger partial charge in [-0.2, -0.15) is 0 Å². The van der Waals surface area contributed by atoms with Crippen molar-refractivity contribution < 1.29 is 4.79 Å². The molecule has 0 saturated carbocycles. The second-order valence-electron chi connectivity index (χ2n) is 9.24. The molecule has 39 heavy (non-hydrogen) atoms. The van der Waals surface area contributed by atoms with Crippen LogP contribution in [0.2, 0.25) is 10.2 Å². The molecule has 0 aliphatic carbocycles. The van der Waals surface area contributed by atoms with E-state index in [2.05, 4.69) is 38.3 Å². The lowest BCUT2D eigenvalue weighted by atomic mass is 10.1. The van der Waals surface area contributed by atoms with Crippen LogP contribution in [-0.4, -0.2) is 48.6 Å². The minimum absolute atomic E-state index is 0.0741. The molecule has 1 N–H and O–H groups in total. The molecule has 1 fully saturated rings. The van der Waals surface area contributed by atoms with E-state index >= 15 is 0 Å². The Hall–Kier alpha value is -3.26. The third-order valence-corrected chi connectivity index (χ3v) is 7.99. The van der Waals surface area contributed by atoms with Crippen LogP contribution < -0.4 is 15.1 Å². The summed E-state index contributed by atoms with van der Waals surface area (Å²) in [7, 11) is 0. The highest BCUT2D eigenvalue weighted by molar-refractivity contribution is 7.98. The number of aromatic nitrogens is 2. The first kappa shape index (κ1) is 27.3. The molecule has 1 aliphatic rings. The number of benzene rings is 3. The van der Waals surface area contributed by atoms with Gasteiger partial charge >= 0.3 is 0 Å². The van der Waals surface area contributed by atoms with Crippen molar-refractivity contribution in [2.24, 2.45) is 0 Å². The predicted octanol–water partition coefficient (Wildman–Crippen LogP) is 6.37. The highest BCUT2D eigenvalue weighted by Gasteiger charge is 2.21. The molecule has 4 aromatic rings. The van der Waals surface area contributed by atoms with Gasteiger partial charge in [-0.25, -0.2) is 9.97 Å². The summed E-state index contributed by atoms with van der Waals surface area (Å²) >= 11 is 14.3. The van der Waals surface area contributed by atoms with Gasteiger partial charge in [0.1, 0.15) is 11.0 Å². The fourth-order valence-electron chi connectivity index (χ4n) is 4.51. The number of amides is 1. The summed E-state index contributed by atoms with van der Waals surface area (Å²) in [6.07, 6.45) is 0.797. The van der Waals surface area contributed by atoms with Gasteiger partial charge in [0.2, 0.25) is 0 Å². The predicted molar refractivity (Wildman–Crippen MR) is 161 cm³/mol. The van der Waals surface area contributed by atoms with Crippen molar-refractivity contribution in [2.45, 2.75) is 17.3 Å². The van der Waals surface area contributed by atoms with Crippen molar-refractivity contribution in [1.82, 2.24) is 15.3 Å². The number of hydrogen-bond acceptors (Lipinski definition) is 6. The molecular weight excluding hydrogens is 549 g/mol. The standard InChI is InChI=1S/C30H29Cl2N5OS/c31-25-11-4-5-12-26(25)36-15-17-37(18-16-36)28-20-27(32)34-30(35-28)39-21-23-9-6-10-24(19-23)29(38)33-14-13-22-7-2-1-3-8-22/h1-12,19-20H,13-18,21H2,(H,33,38). The number of rotatable bonds is 9. The van der Waals surface area contributed by atoms with Crippen LogP contribution >= 0.6 is 35.0 Å². The van der Waals surface area contributed by atoms with Crippen LogP contribution in [0.25, 0.3) is 0 Å². The molecule has 200 valence electrons. The maximum Gasteiger partial charge on any atom is 0.251 e. The first-order chi connectivity index (χ1) is 19.0. The first-order valence-electron chi connectivity index (χ1n) is 12.9. The lowest BCUT2D eigenvalue weighted by Gasteiger charge is -2.37. The third-order valence-electron chi connectivity index (χ3n) is 6.56. The topological polar surface area (TPSA) is 61.4 Å². The Labute approximate surface area is 243 Å². The fraction of sp³-hybridized carbons (Fsp3) is 0.233. The van der Waals surface area contributed by atoms with Crippen LogP contribution in [0, 0.1) is 0 Å². The van der Waals surface area contributed by atoms with Gasteiger partial charge in [-0.3, -0.25) is 4.79 Å². The average molecular weight is 579 g/mol. The van der Waals surface area contributed by atoms with Crippen molar-refractivity contribution >= 4 is 52.4 Å². The Kier molecular flexibility index (Phi) is 9.24. The monoisotopic (exact) mass is 577 g/mol. The van der Waals surface area contributed by atoms with Crippen molar-refractivity contribution in [2.75, 3.05) is 42.5 Å². The summed E-state index contributed by atoms with van der Waals surface area (Å²) in [5.74, 6) is 1.38. The van der Waals surface area contributed by atoms with Crippen LogP contribution in [0.5, 0.6) is 0 Å². The molecule has 0 radical (unpaired) electrons. The Morgan fingerprint density at radius 1 is 0.821 bits per heavy atom. The molecule has 1 amide bonds. The number of halogens is 2. The molecule has 5 rings (SSSR count). The molecule has 2 heterocycles. The SMILES string of the molecule is O=C(NCCc1ccccc1)c1cccc(CSc2nc(Cl)cc(N3CCN(c4ccccc4Cl)CC3)n2)c1. The zero-order chi connectivity index (χ0) is 27.0. The van der Waals surface area contributed by atoms with Gasteiger partial charge in [-0.05, 0) is 41.8 Å². The van der Waals surface area contributed by atoms with Gasteiger partial charge in [-0.15, -0.1) is 0 Å². The Morgan fingerprint density at radius 3 is 2.33 bits per heavy atom. The molecule has 0 unspecified atom stereocenters. The van der Waals surface area contributed by atoms with Crippen LogP contribution in [0.4, 0.5) is 11.5 Å². The number of thioether (sulfide) groups is 1. The van der Waals surface area contributed by atoms with Gasteiger partial charge in [0.05, 0.1) is 10.7 Å². The minimum atomic E-state index is -0.0741. The van der Waals surface area contributed by atoms with E-state index in [4.69, 9.17) is 28.2 Å². The molecule has 0 spiro atoms. The lowest BCUT2D eigenvalue weighted by Crippen LogP contribution is -2.47. The molecule has 0 bridgehead atoms. The molecule has 1 aliphatic heterocycles. The van der Waals surface area contributed by atoms with E-state index in [1.54, 1.807) is 0 Å². The zero-order valence-electron chi connectivity index (χ0n) is 21.4.